The van der Waals surface area contributed by atoms with Gasteiger partial charge in [-0.25, -0.2) is 9.97 Å². The van der Waals surface area contributed by atoms with Crippen LogP contribution in [0.1, 0.15) is 30.3 Å². The van der Waals surface area contributed by atoms with Crippen LogP contribution in [0.2, 0.25) is 0 Å². The van der Waals surface area contributed by atoms with E-state index in [0.717, 1.165) is 42.4 Å². The molecule has 5 rings (SSSR count). The summed E-state index contributed by atoms with van der Waals surface area (Å²) in [5.41, 5.74) is 3.71. The van der Waals surface area contributed by atoms with Gasteiger partial charge < -0.3 is 4.90 Å². The molecule has 4 aromatic rings. The highest BCUT2D eigenvalue weighted by Crippen LogP contribution is 2.39. The molecule has 1 saturated heterocycles. The van der Waals surface area contributed by atoms with Gasteiger partial charge in [-0.15, -0.1) is 11.3 Å². The van der Waals surface area contributed by atoms with E-state index in [1.165, 1.54) is 22.2 Å². The average Bonchev–Trinajstić information content (AvgIpc) is 3.38. The Kier molecular flexibility index (Phi) is 4.13. The van der Waals surface area contributed by atoms with Crippen molar-refractivity contribution in [2.24, 2.45) is 0 Å². The molecule has 1 aliphatic heterocycles. The van der Waals surface area contributed by atoms with E-state index in [9.17, 15) is 0 Å². The van der Waals surface area contributed by atoms with Gasteiger partial charge in [0.1, 0.15) is 16.5 Å². The second kappa shape index (κ2) is 6.78. The third kappa shape index (κ3) is 3.00. The second-order valence-electron chi connectivity index (χ2n) is 7.06. The molecule has 1 N–H and O–H groups in total. The van der Waals surface area contributed by atoms with E-state index in [2.05, 4.69) is 56.9 Å². The van der Waals surface area contributed by atoms with Gasteiger partial charge in [-0.05, 0) is 31.4 Å². The minimum atomic E-state index is 0.554. The Labute approximate surface area is 162 Å². The summed E-state index contributed by atoms with van der Waals surface area (Å²) in [6, 6.07) is 12.7. The van der Waals surface area contributed by atoms with Gasteiger partial charge in [0, 0.05) is 41.8 Å². The molecule has 1 aromatic carbocycles. The summed E-state index contributed by atoms with van der Waals surface area (Å²) in [6.07, 6.45) is 4.06. The maximum absolute atomic E-state index is 4.87. The fourth-order valence-electron chi connectivity index (χ4n) is 3.98. The molecule has 0 atom stereocenters. The van der Waals surface area contributed by atoms with Gasteiger partial charge in [-0.2, -0.15) is 5.10 Å². The fourth-order valence-corrected chi connectivity index (χ4v) is 4.97. The van der Waals surface area contributed by atoms with Gasteiger partial charge in [0.2, 0.25) is 0 Å². The number of anilines is 1. The summed E-state index contributed by atoms with van der Waals surface area (Å²) < 4.78 is 0. The van der Waals surface area contributed by atoms with Crippen molar-refractivity contribution in [2.45, 2.75) is 25.7 Å². The molecule has 27 heavy (non-hydrogen) atoms. The van der Waals surface area contributed by atoms with E-state index in [4.69, 9.17) is 9.97 Å². The maximum atomic E-state index is 4.87. The van der Waals surface area contributed by atoms with Gasteiger partial charge in [0.15, 0.2) is 0 Å². The number of piperidine rings is 1. The number of rotatable bonds is 3. The first-order chi connectivity index (χ1) is 13.3. The summed E-state index contributed by atoms with van der Waals surface area (Å²) in [5.74, 6) is 2.48. The van der Waals surface area contributed by atoms with Crippen molar-refractivity contribution in [3.05, 3.63) is 59.5 Å². The molecule has 0 saturated carbocycles. The highest BCUT2D eigenvalue weighted by Gasteiger charge is 2.25. The Hall–Kier alpha value is -2.73. The van der Waals surface area contributed by atoms with E-state index >= 15 is 0 Å². The molecule has 0 amide bonds. The molecule has 5 nitrogen and oxygen atoms in total. The van der Waals surface area contributed by atoms with Crippen LogP contribution in [-0.4, -0.2) is 33.3 Å². The largest absolute Gasteiger partial charge is 0.356 e. The quantitative estimate of drug-likeness (QED) is 0.560. The van der Waals surface area contributed by atoms with Crippen LogP contribution in [0.15, 0.2) is 48.0 Å². The van der Waals surface area contributed by atoms with Crippen molar-refractivity contribution in [1.29, 1.82) is 0 Å². The minimum Gasteiger partial charge on any atom is -0.356 e. The van der Waals surface area contributed by atoms with E-state index in [-0.39, 0.29) is 0 Å². The molecule has 1 aliphatic rings. The van der Waals surface area contributed by atoms with Gasteiger partial charge in [-0.3, -0.25) is 5.10 Å². The van der Waals surface area contributed by atoms with Crippen LogP contribution >= 0.6 is 11.3 Å². The summed E-state index contributed by atoms with van der Waals surface area (Å²) in [5, 5.41) is 10.7. The van der Waals surface area contributed by atoms with Crippen molar-refractivity contribution in [2.75, 3.05) is 18.0 Å². The van der Waals surface area contributed by atoms with Crippen LogP contribution in [0.25, 0.3) is 21.3 Å². The van der Waals surface area contributed by atoms with Gasteiger partial charge >= 0.3 is 0 Å². The predicted octanol–water partition coefficient (Wildman–Crippen LogP) is 4.77. The lowest BCUT2D eigenvalue weighted by molar-refractivity contribution is 0.493. The summed E-state index contributed by atoms with van der Waals surface area (Å²) in [6.45, 7) is 3.99. The number of fused-ring (bicyclic) bond motifs is 1. The molecule has 6 heteroatoms. The molecule has 3 aromatic heterocycles. The number of hydrogen-bond acceptors (Lipinski definition) is 5. The molecule has 0 unspecified atom stereocenters. The average molecular weight is 376 g/mol. The number of thiophene rings is 1. The zero-order chi connectivity index (χ0) is 18.2. The molecule has 136 valence electrons. The number of hydrogen-bond donors (Lipinski definition) is 1. The molecule has 0 bridgehead atoms. The summed E-state index contributed by atoms with van der Waals surface area (Å²) in [7, 11) is 0. The van der Waals surface area contributed by atoms with Crippen LogP contribution in [0.3, 0.4) is 0 Å². The van der Waals surface area contributed by atoms with Crippen molar-refractivity contribution in [1.82, 2.24) is 20.2 Å². The first kappa shape index (κ1) is 16.4. The Bertz CT molecular complexity index is 1050. The summed E-state index contributed by atoms with van der Waals surface area (Å²) in [4.78, 5) is 13.1. The summed E-state index contributed by atoms with van der Waals surface area (Å²) >= 11 is 1.71. The van der Waals surface area contributed by atoms with Crippen LogP contribution in [0.5, 0.6) is 0 Å². The zero-order valence-corrected chi connectivity index (χ0v) is 16.0. The minimum absolute atomic E-state index is 0.554. The van der Waals surface area contributed by atoms with E-state index in [0.29, 0.717) is 5.92 Å². The first-order valence-corrected chi connectivity index (χ1v) is 10.2. The molecule has 4 heterocycles. The van der Waals surface area contributed by atoms with Gasteiger partial charge in [-0.1, -0.05) is 30.3 Å². The van der Waals surface area contributed by atoms with Crippen molar-refractivity contribution in [3.63, 3.8) is 0 Å². The standard InChI is InChI=1S/C21H21N5S/c1-14-23-20(26-11-8-16(9-12-26)18-7-10-22-25-18)19-17(13-27-21(19)24-14)15-5-3-2-4-6-15/h2-7,10,13,16H,8-9,11-12H2,1H3,(H,22,25). The van der Waals surface area contributed by atoms with Crippen LogP contribution < -0.4 is 4.90 Å². The molecular formula is C21H21N5S. The highest BCUT2D eigenvalue weighted by molar-refractivity contribution is 7.17. The highest BCUT2D eigenvalue weighted by atomic mass is 32.1. The van der Waals surface area contributed by atoms with E-state index in [1.54, 1.807) is 11.3 Å². The normalized spacial score (nSPS) is 15.5. The molecule has 1 fully saturated rings. The lowest BCUT2D eigenvalue weighted by atomic mass is 9.93. The number of nitrogens with one attached hydrogen (secondary N) is 1. The number of aryl methyl sites for hydroxylation is 1. The monoisotopic (exact) mass is 375 g/mol. The predicted molar refractivity (Wildman–Crippen MR) is 110 cm³/mol. The SMILES string of the molecule is Cc1nc(N2CCC(c3ccn[nH]3)CC2)c2c(-c3ccccc3)csc2n1. The molecule has 0 aliphatic carbocycles. The first-order valence-electron chi connectivity index (χ1n) is 9.35. The molecule has 0 spiro atoms. The second-order valence-corrected chi connectivity index (χ2v) is 7.92. The smallest absolute Gasteiger partial charge is 0.141 e. The van der Waals surface area contributed by atoms with E-state index in [1.807, 2.05) is 13.1 Å². The van der Waals surface area contributed by atoms with Crippen LogP contribution in [0.4, 0.5) is 5.82 Å². The Morgan fingerprint density at radius 2 is 1.89 bits per heavy atom. The molecule has 0 radical (unpaired) electrons. The zero-order valence-electron chi connectivity index (χ0n) is 15.2. The Morgan fingerprint density at radius 1 is 1.07 bits per heavy atom. The van der Waals surface area contributed by atoms with Crippen molar-refractivity contribution in [3.8, 4) is 11.1 Å². The maximum Gasteiger partial charge on any atom is 0.141 e. The Balaban J connectivity index is 1.52. The van der Waals surface area contributed by atoms with Crippen molar-refractivity contribution >= 4 is 27.4 Å². The molecular weight excluding hydrogens is 354 g/mol. The van der Waals surface area contributed by atoms with Crippen LogP contribution in [0, 0.1) is 6.92 Å². The van der Waals surface area contributed by atoms with Crippen LogP contribution in [-0.2, 0) is 0 Å². The lowest BCUT2D eigenvalue weighted by Crippen LogP contribution is -2.34. The number of benzene rings is 1. The fraction of sp³-hybridized carbons (Fsp3) is 0.286. The van der Waals surface area contributed by atoms with Gasteiger partial charge in [0.05, 0.1) is 5.39 Å². The van der Waals surface area contributed by atoms with Crippen molar-refractivity contribution < 1.29 is 0 Å². The topological polar surface area (TPSA) is 57.7 Å². The Morgan fingerprint density at radius 3 is 2.63 bits per heavy atom. The number of aromatic nitrogens is 4. The third-order valence-corrected chi connectivity index (χ3v) is 6.24. The lowest BCUT2D eigenvalue weighted by Gasteiger charge is -2.33. The number of H-pyrrole nitrogens is 1. The third-order valence-electron chi connectivity index (χ3n) is 5.37. The van der Waals surface area contributed by atoms with Gasteiger partial charge in [0.25, 0.3) is 0 Å². The van der Waals surface area contributed by atoms with E-state index < -0.39 is 0 Å². The number of aromatic amines is 1. The number of nitrogens with zero attached hydrogens (tertiary/aromatic N) is 4.